The first-order valence-corrected chi connectivity index (χ1v) is 6.68. The van der Waals surface area contributed by atoms with Crippen LogP contribution in [-0.2, 0) is 4.79 Å². The number of hydrogen-bond acceptors (Lipinski definition) is 4. The summed E-state index contributed by atoms with van der Waals surface area (Å²) in [5, 5.41) is 12.2. The molecule has 0 bridgehead atoms. The van der Waals surface area contributed by atoms with E-state index < -0.39 is 5.92 Å². The molecular weight excluding hydrogens is 314 g/mol. The van der Waals surface area contributed by atoms with Gasteiger partial charge in [-0.15, -0.1) is 0 Å². The zero-order valence-corrected chi connectivity index (χ0v) is 11.5. The molecule has 2 rings (SSSR count). The van der Waals surface area contributed by atoms with Gasteiger partial charge in [0.25, 0.3) is 0 Å². The van der Waals surface area contributed by atoms with E-state index in [4.69, 9.17) is 5.26 Å². The van der Waals surface area contributed by atoms with Crippen LogP contribution in [0.25, 0.3) is 0 Å². The fourth-order valence-electron chi connectivity index (χ4n) is 1.42. The molecule has 2 aromatic rings. The highest BCUT2D eigenvalue weighted by Gasteiger charge is 2.20. The maximum Gasteiger partial charge on any atom is 0.248 e. The molecule has 1 amide bonds. The van der Waals surface area contributed by atoms with E-state index in [2.05, 4.69) is 26.2 Å². The first-order chi connectivity index (χ1) is 8.70. The molecule has 0 aliphatic carbocycles. The number of nitrogens with one attached hydrogen (secondary N) is 1. The maximum atomic E-state index is 12.0. The number of nitrogens with zero attached hydrogens (tertiary/aromatic N) is 2. The van der Waals surface area contributed by atoms with Crippen molar-refractivity contribution in [1.82, 2.24) is 4.98 Å². The Bertz CT molecular complexity index is 591. The number of benzene rings is 1. The monoisotopic (exact) mass is 321 g/mol. The van der Waals surface area contributed by atoms with Crippen LogP contribution in [0.5, 0.6) is 0 Å². The molecule has 0 saturated carbocycles. The molecule has 0 saturated heterocycles. The minimum atomic E-state index is -0.825. The Morgan fingerprint density at radius 2 is 2.17 bits per heavy atom. The largest absolute Gasteiger partial charge is 0.300 e. The zero-order chi connectivity index (χ0) is 13.0. The summed E-state index contributed by atoms with van der Waals surface area (Å²) in [7, 11) is 0. The van der Waals surface area contributed by atoms with Crippen molar-refractivity contribution in [2.24, 2.45) is 0 Å². The Labute approximate surface area is 116 Å². The fraction of sp³-hybridized carbons (Fsp3) is 0.0833. The Kier molecular flexibility index (Phi) is 4.07. The molecule has 0 aliphatic rings. The normalized spacial score (nSPS) is 11.6. The third kappa shape index (κ3) is 2.94. The van der Waals surface area contributed by atoms with Gasteiger partial charge in [0, 0.05) is 0 Å². The van der Waals surface area contributed by atoms with Crippen LogP contribution in [0, 0.1) is 11.3 Å². The zero-order valence-electron chi connectivity index (χ0n) is 9.13. The highest BCUT2D eigenvalue weighted by Crippen LogP contribution is 2.24. The number of nitriles is 1. The quantitative estimate of drug-likeness (QED) is 0.944. The van der Waals surface area contributed by atoms with Crippen LogP contribution in [0.3, 0.4) is 0 Å². The molecule has 18 heavy (non-hydrogen) atoms. The lowest BCUT2D eigenvalue weighted by atomic mass is 10.0. The fourth-order valence-corrected chi connectivity index (χ4v) is 2.53. The summed E-state index contributed by atoms with van der Waals surface area (Å²) in [6.45, 7) is 0. The van der Waals surface area contributed by atoms with E-state index in [1.165, 1.54) is 11.3 Å². The van der Waals surface area contributed by atoms with Crippen molar-refractivity contribution < 1.29 is 4.79 Å². The second kappa shape index (κ2) is 5.76. The van der Waals surface area contributed by atoms with Crippen LogP contribution in [0.2, 0.25) is 0 Å². The molecular formula is C12H8BrN3OS. The van der Waals surface area contributed by atoms with Crippen LogP contribution in [0.1, 0.15) is 11.5 Å². The van der Waals surface area contributed by atoms with Crippen molar-refractivity contribution >= 4 is 38.3 Å². The topological polar surface area (TPSA) is 65.8 Å². The third-order valence-corrected chi connectivity index (χ3v) is 3.62. The van der Waals surface area contributed by atoms with E-state index in [-0.39, 0.29) is 5.91 Å². The molecule has 1 heterocycles. The SMILES string of the molecule is N#CC(C(=O)Nc1ncc(Br)s1)c1ccccc1. The Morgan fingerprint density at radius 3 is 2.72 bits per heavy atom. The van der Waals surface area contributed by atoms with E-state index in [0.717, 1.165) is 3.79 Å². The number of carbonyl (C=O) groups is 1. The Morgan fingerprint density at radius 1 is 1.44 bits per heavy atom. The molecule has 1 atom stereocenters. The molecule has 1 aromatic carbocycles. The Hall–Kier alpha value is -1.71. The van der Waals surface area contributed by atoms with Gasteiger partial charge in [0.05, 0.1) is 16.1 Å². The van der Waals surface area contributed by atoms with Gasteiger partial charge < -0.3 is 5.32 Å². The number of rotatable bonds is 3. The van der Waals surface area contributed by atoms with E-state index in [0.29, 0.717) is 10.7 Å². The molecule has 0 spiro atoms. The van der Waals surface area contributed by atoms with E-state index in [1.807, 2.05) is 12.1 Å². The number of thiazole rings is 1. The number of amides is 1. The average Bonchev–Trinajstić information content (AvgIpc) is 2.77. The summed E-state index contributed by atoms with van der Waals surface area (Å²) < 4.78 is 0.825. The van der Waals surface area contributed by atoms with E-state index >= 15 is 0 Å². The van der Waals surface area contributed by atoms with Gasteiger partial charge in [-0.3, -0.25) is 4.79 Å². The van der Waals surface area contributed by atoms with Crippen molar-refractivity contribution in [3.8, 4) is 6.07 Å². The van der Waals surface area contributed by atoms with Gasteiger partial charge in [-0.1, -0.05) is 41.7 Å². The number of halogens is 1. The van der Waals surface area contributed by atoms with Crippen LogP contribution in [-0.4, -0.2) is 10.9 Å². The lowest BCUT2D eigenvalue weighted by Gasteiger charge is -2.08. The summed E-state index contributed by atoms with van der Waals surface area (Å²) in [5.74, 6) is -1.19. The predicted molar refractivity (Wildman–Crippen MR) is 73.2 cm³/mol. The molecule has 4 nitrogen and oxygen atoms in total. The van der Waals surface area contributed by atoms with Crippen molar-refractivity contribution in [3.05, 3.63) is 45.9 Å². The summed E-state index contributed by atoms with van der Waals surface area (Å²) in [6.07, 6.45) is 1.60. The number of carbonyl (C=O) groups excluding carboxylic acids is 1. The summed E-state index contributed by atoms with van der Waals surface area (Å²) >= 11 is 4.56. The molecule has 1 aromatic heterocycles. The van der Waals surface area contributed by atoms with Gasteiger partial charge in [-0.05, 0) is 21.5 Å². The molecule has 0 aliphatic heterocycles. The number of anilines is 1. The first kappa shape index (κ1) is 12.7. The van der Waals surface area contributed by atoms with Crippen LogP contribution in [0.4, 0.5) is 5.13 Å². The minimum Gasteiger partial charge on any atom is -0.300 e. The van der Waals surface area contributed by atoms with Crippen molar-refractivity contribution in [2.75, 3.05) is 5.32 Å². The van der Waals surface area contributed by atoms with Crippen LogP contribution in [0.15, 0.2) is 40.3 Å². The molecule has 90 valence electrons. The second-order valence-electron chi connectivity index (χ2n) is 3.43. The van der Waals surface area contributed by atoms with Gasteiger partial charge in [0.2, 0.25) is 5.91 Å². The maximum absolute atomic E-state index is 12.0. The standard InChI is InChI=1S/C12H8BrN3OS/c13-10-7-15-12(18-10)16-11(17)9(6-14)8-4-2-1-3-5-8/h1-5,7,9H,(H,15,16,17). The number of hydrogen-bond donors (Lipinski definition) is 1. The summed E-state index contributed by atoms with van der Waals surface area (Å²) in [4.78, 5) is 16.0. The lowest BCUT2D eigenvalue weighted by molar-refractivity contribution is -0.116. The molecule has 0 fully saturated rings. The van der Waals surface area contributed by atoms with Crippen molar-refractivity contribution in [1.29, 1.82) is 5.26 Å². The molecule has 1 unspecified atom stereocenters. The third-order valence-electron chi connectivity index (χ3n) is 2.23. The van der Waals surface area contributed by atoms with Crippen molar-refractivity contribution in [3.63, 3.8) is 0 Å². The minimum absolute atomic E-state index is 0.370. The van der Waals surface area contributed by atoms with Gasteiger partial charge in [0.1, 0.15) is 0 Å². The summed E-state index contributed by atoms with van der Waals surface area (Å²) in [6, 6.07) is 10.9. The molecule has 1 N–H and O–H groups in total. The van der Waals surface area contributed by atoms with Gasteiger partial charge in [-0.25, -0.2) is 4.98 Å². The summed E-state index contributed by atoms with van der Waals surface area (Å²) in [5.41, 5.74) is 0.674. The second-order valence-corrected chi connectivity index (χ2v) is 5.84. The van der Waals surface area contributed by atoms with Gasteiger partial charge in [-0.2, -0.15) is 5.26 Å². The smallest absolute Gasteiger partial charge is 0.248 e. The molecule has 6 heteroatoms. The lowest BCUT2D eigenvalue weighted by Crippen LogP contribution is -2.19. The molecule has 0 radical (unpaired) electrons. The van der Waals surface area contributed by atoms with Crippen LogP contribution >= 0.6 is 27.3 Å². The first-order valence-electron chi connectivity index (χ1n) is 5.07. The Balaban J connectivity index is 2.15. The van der Waals surface area contributed by atoms with E-state index in [1.54, 1.807) is 30.5 Å². The average molecular weight is 322 g/mol. The van der Waals surface area contributed by atoms with Gasteiger partial charge in [0.15, 0.2) is 11.0 Å². The predicted octanol–water partition coefficient (Wildman–Crippen LogP) is 3.15. The highest BCUT2D eigenvalue weighted by atomic mass is 79.9. The number of aromatic nitrogens is 1. The van der Waals surface area contributed by atoms with E-state index in [9.17, 15) is 4.79 Å². The van der Waals surface area contributed by atoms with Crippen LogP contribution < -0.4 is 5.32 Å². The van der Waals surface area contributed by atoms with Gasteiger partial charge >= 0.3 is 0 Å². The van der Waals surface area contributed by atoms with Crippen molar-refractivity contribution in [2.45, 2.75) is 5.92 Å². The highest BCUT2D eigenvalue weighted by molar-refractivity contribution is 9.11.